The number of aliphatic hydroxyl groups excluding tert-OH is 3. The van der Waals surface area contributed by atoms with E-state index >= 15 is 0 Å². The zero-order valence-corrected chi connectivity index (χ0v) is 13.9. The number of fused-ring (bicyclic) bond motifs is 1. The highest BCUT2D eigenvalue weighted by atomic mass is 16.6. The van der Waals surface area contributed by atoms with Gasteiger partial charge in [0.2, 0.25) is 0 Å². The fraction of sp³-hybridized carbons (Fsp3) is 0.333. The molecule has 4 rings (SSSR count). The van der Waals surface area contributed by atoms with E-state index in [4.69, 9.17) is 4.74 Å². The van der Waals surface area contributed by atoms with Gasteiger partial charge in [-0.05, 0) is 11.6 Å². The van der Waals surface area contributed by atoms with Crippen LogP contribution in [0.4, 0.5) is 5.82 Å². The third-order valence-electron chi connectivity index (χ3n) is 4.60. The summed E-state index contributed by atoms with van der Waals surface area (Å²) >= 11 is 0. The first kappa shape index (κ1) is 16.9. The number of hydrogen-bond acceptors (Lipinski definition) is 7. The number of aliphatic hydroxyl groups is 3. The molecule has 2 aromatic heterocycles. The Morgan fingerprint density at radius 2 is 1.88 bits per heavy atom. The second-order valence-corrected chi connectivity index (χ2v) is 6.25. The van der Waals surface area contributed by atoms with Gasteiger partial charge in [0.1, 0.15) is 36.1 Å². The van der Waals surface area contributed by atoms with E-state index in [1.54, 1.807) is 10.8 Å². The van der Waals surface area contributed by atoms with E-state index in [9.17, 15) is 15.3 Å². The largest absolute Gasteiger partial charge is 0.394 e. The number of anilines is 1. The van der Waals surface area contributed by atoms with E-state index in [0.717, 1.165) is 10.9 Å². The van der Waals surface area contributed by atoms with E-state index in [0.29, 0.717) is 18.0 Å². The van der Waals surface area contributed by atoms with Crippen molar-refractivity contribution in [1.29, 1.82) is 0 Å². The maximum absolute atomic E-state index is 10.2. The molecule has 0 bridgehead atoms. The van der Waals surface area contributed by atoms with Crippen LogP contribution in [0.25, 0.3) is 11.0 Å². The summed E-state index contributed by atoms with van der Waals surface area (Å²) in [6.07, 6.45) is -0.791. The molecular weight excluding hydrogens is 336 g/mol. The summed E-state index contributed by atoms with van der Waals surface area (Å²) < 4.78 is 7.24. The Hall–Kier alpha value is -2.52. The first-order valence-corrected chi connectivity index (χ1v) is 8.41. The predicted octanol–water partition coefficient (Wildman–Crippen LogP) is 0.655. The molecule has 136 valence electrons. The van der Waals surface area contributed by atoms with Gasteiger partial charge in [0.25, 0.3) is 0 Å². The monoisotopic (exact) mass is 356 g/mol. The van der Waals surface area contributed by atoms with Gasteiger partial charge in [0.15, 0.2) is 6.23 Å². The van der Waals surface area contributed by atoms with E-state index in [1.807, 2.05) is 36.4 Å². The molecule has 1 fully saturated rings. The smallest absolute Gasteiger partial charge is 0.164 e. The summed E-state index contributed by atoms with van der Waals surface area (Å²) in [5.41, 5.74) is 1.70. The van der Waals surface area contributed by atoms with Crippen molar-refractivity contribution in [2.24, 2.45) is 0 Å². The highest BCUT2D eigenvalue weighted by Crippen LogP contribution is 2.33. The van der Waals surface area contributed by atoms with Crippen LogP contribution < -0.4 is 5.32 Å². The average molecular weight is 356 g/mol. The Balaban J connectivity index is 1.61. The normalized spacial score (nSPS) is 25.7. The van der Waals surface area contributed by atoms with Crippen molar-refractivity contribution in [3.05, 3.63) is 54.5 Å². The average Bonchev–Trinajstić information content (AvgIpc) is 3.23. The molecule has 0 aliphatic carbocycles. The molecule has 8 nitrogen and oxygen atoms in total. The summed E-state index contributed by atoms with van der Waals surface area (Å²) in [5.74, 6) is 0.671. The van der Waals surface area contributed by atoms with Crippen LogP contribution in [0.5, 0.6) is 0 Å². The lowest BCUT2D eigenvalue weighted by molar-refractivity contribution is -0.0508. The summed E-state index contributed by atoms with van der Waals surface area (Å²) in [7, 11) is 0. The lowest BCUT2D eigenvalue weighted by Gasteiger charge is -2.17. The standard InChI is InChI=1S/C18H20N4O4/c23-9-13-14(24)15(25)18(26-13)22-7-6-12-16(20-10-21-17(12)22)19-8-11-4-2-1-3-5-11/h1-7,10,13-15,18,23-25H,8-9H2,(H,19,20,21)/t13-,14-,15-,18-/m1/s1. The first-order valence-electron chi connectivity index (χ1n) is 8.41. The van der Waals surface area contributed by atoms with Crippen LogP contribution in [0, 0.1) is 0 Å². The van der Waals surface area contributed by atoms with Crippen LogP contribution in [-0.2, 0) is 11.3 Å². The molecule has 4 N–H and O–H groups in total. The van der Waals surface area contributed by atoms with Crippen LogP contribution in [0.15, 0.2) is 48.9 Å². The molecule has 1 saturated heterocycles. The predicted molar refractivity (Wildman–Crippen MR) is 94.3 cm³/mol. The van der Waals surface area contributed by atoms with Crippen molar-refractivity contribution in [2.45, 2.75) is 31.1 Å². The number of nitrogens with one attached hydrogen (secondary N) is 1. The second-order valence-electron chi connectivity index (χ2n) is 6.25. The van der Waals surface area contributed by atoms with Gasteiger partial charge in [0, 0.05) is 12.7 Å². The second kappa shape index (κ2) is 7.00. The number of rotatable bonds is 5. The zero-order valence-electron chi connectivity index (χ0n) is 13.9. The third-order valence-corrected chi connectivity index (χ3v) is 4.60. The topological polar surface area (TPSA) is 113 Å². The van der Waals surface area contributed by atoms with E-state index in [1.165, 1.54) is 6.33 Å². The lowest BCUT2D eigenvalue weighted by atomic mass is 10.1. The highest BCUT2D eigenvalue weighted by molar-refractivity contribution is 5.87. The Kier molecular flexibility index (Phi) is 4.56. The van der Waals surface area contributed by atoms with Crippen molar-refractivity contribution in [2.75, 3.05) is 11.9 Å². The molecule has 1 aromatic carbocycles. The summed E-state index contributed by atoms with van der Waals surface area (Å²) in [4.78, 5) is 8.59. The quantitative estimate of drug-likeness (QED) is 0.531. The van der Waals surface area contributed by atoms with E-state index in [2.05, 4.69) is 15.3 Å². The third kappa shape index (κ3) is 2.93. The van der Waals surface area contributed by atoms with Crippen molar-refractivity contribution in [1.82, 2.24) is 14.5 Å². The molecule has 4 atom stereocenters. The van der Waals surface area contributed by atoms with Crippen LogP contribution in [0.3, 0.4) is 0 Å². The number of ether oxygens (including phenoxy) is 1. The Labute approximate surface area is 149 Å². The van der Waals surface area contributed by atoms with Crippen LogP contribution >= 0.6 is 0 Å². The minimum atomic E-state index is -1.15. The van der Waals surface area contributed by atoms with Crippen molar-refractivity contribution in [3.63, 3.8) is 0 Å². The van der Waals surface area contributed by atoms with E-state index < -0.39 is 24.5 Å². The molecule has 26 heavy (non-hydrogen) atoms. The summed E-state index contributed by atoms with van der Waals surface area (Å²) in [6, 6.07) is 11.8. The number of aromatic nitrogens is 3. The molecule has 8 heteroatoms. The minimum absolute atomic E-state index is 0.368. The molecule has 0 radical (unpaired) electrons. The molecule has 1 aliphatic heterocycles. The lowest BCUT2D eigenvalue weighted by Crippen LogP contribution is -2.33. The van der Waals surface area contributed by atoms with Crippen LogP contribution in [0.2, 0.25) is 0 Å². The van der Waals surface area contributed by atoms with Gasteiger partial charge in [-0.1, -0.05) is 30.3 Å². The first-order chi connectivity index (χ1) is 12.7. The molecule has 1 aliphatic rings. The van der Waals surface area contributed by atoms with Crippen molar-refractivity contribution >= 4 is 16.9 Å². The number of benzene rings is 1. The van der Waals surface area contributed by atoms with Crippen molar-refractivity contribution < 1.29 is 20.1 Å². The SMILES string of the molecule is OC[C@H]1O[C@@H](n2ccc3c(NCc4ccccc4)ncnc32)[C@H](O)[C@@H]1O. The fourth-order valence-corrected chi connectivity index (χ4v) is 3.21. The Morgan fingerprint density at radius 1 is 1.08 bits per heavy atom. The highest BCUT2D eigenvalue weighted by Gasteiger charge is 2.43. The molecule has 0 unspecified atom stereocenters. The van der Waals surface area contributed by atoms with E-state index in [-0.39, 0.29) is 6.61 Å². The van der Waals surface area contributed by atoms with Gasteiger partial charge < -0.3 is 29.9 Å². The molecule has 0 amide bonds. The van der Waals surface area contributed by atoms with Crippen LogP contribution in [0.1, 0.15) is 11.8 Å². The molecule has 3 aromatic rings. The molecule has 0 saturated carbocycles. The van der Waals surface area contributed by atoms with Crippen LogP contribution in [-0.4, -0.2) is 54.8 Å². The number of nitrogens with zero attached hydrogens (tertiary/aromatic N) is 3. The zero-order chi connectivity index (χ0) is 18.1. The molecule has 3 heterocycles. The molecule has 0 spiro atoms. The van der Waals surface area contributed by atoms with Gasteiger partial charge in [-0.2, -0.15) is 0 Å². The Morgan fingerprint density at radius 3 is 2.62 bits per heavy atom. The fourth-order valence-electron chi connectivity index (χ4n) is 3.21. The molecular formula is C18H20N4O4. The van der Waals surface area contributed by atoms with Crippen molar-refractivity contribution in [3.8, 4) is 0 Å². The van der Waals surface area contributed by atoms with Gasteiger partial charge in [-0.15, -0.1) is 0 Å². The maximum Gasteiger partial charge on any atom is 0.164 e. The van der Waals surface area contributed by atoms with Gasteiger partial charge >= 0.3 is 0 Å². The maximum atomic E-state index is 10.2. The van der Waals surface area contributed by atoms with Gasteiger partial charge in [-0.3, -0.25) is 0 Å². The minimum Gasteiger partial charge on any atom is -0.394 e. The van der Waals surface area contributed by atoms with Gasteiger partial charge in [0.05, 0.1) is 12.0 Å². The summed E-state index contributed by atoms with van der Waals surface area (Å²) in [5, 5.41) is 33.5. The Bertz CT molecular complexity index is 885. The number of hydrogen-bond donors (Lipinski definition) is 4. The van der Waals surface area contributed by atoms with Gasteiger partial charge in [-0.25, -0.2) is 9.97 Å². The summed E-state index contributed by atoms with van der Waals surface area (Å²) in [6.45, 7) is 0.249.